The minimum absolute atomic E-state index is 0.0372. The van der Waals surface area contributed by atoms with Gasteiger partial charge in [0.25, 0.3) is 0 Å². The Morgan fingerprint density at radius 3 is 2.65 bits per heavy atom. The van der Waals surface area contributed by atoms with Crippen LogP contribution in [-0.4, -0.2) is 25.0 Å². The number of methoxy groups -OCH3 is 2. The molecule has 4 nitrogen and oxygen atoms in total. The molecule has 0 spiro atoms. The van der Waals surface area contributed by atoms with E-state index in [0.717, 1.165) is 5.69 Å². The fourth-order valence-electron chi connectivity index (χ4n) is 1.95. The van der Waals surface area contributed by atoms with E-state index in [4.69, 9.17) is 9.47 Å². The molecule has 1 heterocycles. The molecule has 0 fully saturated rings. The third kappa shape index (κ3) is 3.35. The van der Waals surface area contributed by atoms with E-state index >= 15 is 0 Å². The first kappa shape index (κ1) is 14.1. The molecule has 1 aromatic heterocycles. The zero-order valence-electron chi connectivity index (χ0n) is 11.6. The monoisotopic (exact) mass is 271 g/mol. The van der Waals surface area contributed by atoms with Crippen molar-refractivity contribution in [1.82, 2.24) is 4.98 Å². The molecule has 0 radical (unpaired) electrons. The highest BCUT2D eigenvalue weighted by Crippen LogP contribution is 2.25. The molecule has 0 aliphatic rings. The Balaban J connectivity index is 2.09. The van der Waals surface area contributed by atoms with Crippen molar-refractivity contribution in [2.24, 2.45) is 0 Å². The summed E-state index contributed by atoms with van der Waals surface area (Å²) >= 11 is 0. The number of aryl methyl sites for hydroxylation is 1. The number of ketones is 1. The molecule has 0 saturated carbocycles. The van der Waals surface area contributed by atoms with Gasteiger partial charge in [0.05, 0.1) is 19.8 Å². The number of benzene rings is 1. The van der Waals surface area contributed by atoms with Crippen LogP contribution in [0, 0.1) is 0 Å². The van der Waals surface area contributed by atoms with Crippen molar-refractivity contribution in [3.05, 3.63) is 53.9 Å². The number of hydrogen-bond donors (Lipinski definition) is 0. The number of hydrogen-bond acceptors (Lipinski definition) is 4. The van der Waals surface area contributed by atoms with Crippen LogP contribution in [0.1, 0.15) is 22.5 Å². The van der Waals surface area contributed by atoms with Gasteiger partial charge in [0.2, 0.25) is 0 Å². The van der Waals surface area contributed by atoms with Gasteiger partial charge in [0.15, 0.2) is 5.78 Å². The molecule has 20 heavy (non-hydrogen) atoms. The topological polar surface area (TPSA) is 48.4 Å². The van der Waals surface area contributed by atoms with Crippen LogP contribution >= 0.6 is 0 Å². The minimum Gasteiger partial charge on any atom is -0.497 e. The number of Topliss-reactive ketones (excluding diaryl/α,β-unsaturated/α-hetero) is 1. The van der Waals surface area contributed by atoms with Crippen LogP contribution in [0.25, 0.3) is 0 Å². The zero-order valence-corrected chi connectivity index (χ0v) is 11.6. The first-order valence-electron chi connectivity index (χ1n) is 6.39. The Labute approximate surface area is 118 Å². The Bertz CT molecular complexity index is 582. The lowest BCUT2D eigenvalue weighted by Crippen LogP contribution is -2.04. The summed E-state index contributed by atoms with van der Waals surface area (Å²) in [5.41, 5.74) is 1.48. The maximum absolute atomic E-state index is 12.2. The molecule has 0 atom stereocenters. The smallest absolute Gasteiger partial charge is 0.166 e. The molecular weight excluding hydrogens is 254 g/mol. The van der Waals surface area contributed by atoms with E-state index in [2.05, 4.69) is 4.98 Å². The average molecular weight is 271 g/mol. The van der Waals surface area contributed by atoms with E-state index in [1.54, 1.807) is 38.6 Å². The van der Waals surface area contributed by atoms with Gasteiger partial charge in [-0.05, 0) is 30.7 Å². The molecule has 1 aromatic carbocycles. The second-order valence-corrected chi connectivity index (χ2v) is 4.31. The molecule has 0 bridgehead atoms. The summed E-state index contributed by atoms with van der Waals surface area (Å²) in [4.78, 5) is 16.5. The quantitative estimate of drug-likeness (QED) is 0.758. The summed E-state index contributed by atoms with van der Waals surface area (Å²) in [6, 6.07) is 10.9. The van der Waals surface area contributed by atoms with Gasteiger partial charge < -0.3 is 9.47 Å². The lowest BCUT2D eigenvalue weighted by Gasteiger charge is -2.09. The van der Waals surface area contributed by atoms with Crippen LogP contribution in [-0.2, 0) is 6.42 Å². The van der Waals surface area contributed by atoms with Gasteiger partial charge in [0, 0.05) is 24.4 Å². The highest BCUT2D eigenvalue weighted by Gasteiger charge is 2.13. The second-order valence-electron chi connectivity index (χ2n) is 4.31. The summed E-state index contributed by atoms with van der Waals surface area (Å²) in [7, 11) is 3.13. The predicted octanol–water partition coefficient (Wildman–Crippen LogP) is 2.91. The molecule has 2 aromatic rings. The standard InChI is InChI=1S/C16H17NO3/c1-19-13-7-8-14(16(11-13)20-2)15(18)9-6-12-5-3-4-10-17-12/h3-5,7-8,10-11H,6,9H2,1-2H3. The number of pyridine rings is 1. The van der Waals surface area contributed by atoms with Crippen LogP contribution in [0.15, 0.2) is 42.6 Å². The van der Waals surface area contributed by atoms with E-state index in [0.29, 0.717) is 29.9 Å². The van der Waals surface area contributed by atoms with Gasteiger partial charge in [-0.1, -0.05) is 6.07 Å². The van der Waals surface area contributed by atoms with Gasteiger partial charge in [-0.3, -0.25) is 9.78 Å². The van der Waals surface area contributed by atoms with Crippen molar-refractivity contribution in [3.63, 3.8) is 0 Å². The maximum Gasteiger partial charge on any atom is 0.166 e. The van der Waals surface area contributed by atoms with E-state index in [-0.39, 0.29) is 5.78 Å². The number of nitrogens with zero attached hydrogens (tertiary/aromatic N) is 1. The SMILES string of the molecule is COc1ccc(C(=O)CCc2ccccn2)c(OC)c1. The van der Waals surface area contributed by atoms with Gasteiger partial charge in [0.1, 0.15) is 11.5 Å². The van der Waals surface area contributed by atoms with E-state index in [9.17, 15) is 4.79 Å². The van der Waals surface area contributed by atoms with Crippen LogP contribution in [0.4, 0.5) is 0 Å². The number of rotatable bonds is 6. The van der Waals surface area contributed by atoms with Crippen molar-refractivity contribution in [2.45, 2.75) is 12.8 Å². The Morgan fingerprint density at radius 1 is 1.15 bits per heavy atom. The molecule has 0 N–H and O–H groups in total. The van der Waals surface area contributed by atoms with Gasteiger partial charge >= 0.3 is 0 Å². The third-order valence-corrected chi connectivity index (χ3v) is 3.04. The molecule has 0 aliphatic heterocycles. The van der Waals surface area contributed by atoms with Crippen molar-refractivity contribution in [3.8, 4) is 11.5 Å². The number of carbonyl (C=O) groups is 1. The van der Waals surface area contributed by atoms with Gasteiger partial charge in [-0.2, -0.15) is 0 Å². The lowest BCUT2D eigenvalue weighted by atomic mass is 10.0. The fraction of sp³-hybridized carbons (Fsp3) is 0.250. The average Bonchev–Trinajstić information content (AvgIpc) is 2.52. The number of aromatic nitrogens is 1. The fourth-order valence-corrected chi connectivity index (χ4v) is 1.95. The normalized spacial score (nSPS) is 10.1. The van der Waals surface area contributed by atoms with Crippen LogP contribution in [0.5, 0.6) is 11.5 Å². The summed E-state index contributed by atoms with van der Waals surface area (Å²) in [5, 5.41) is 0. The summed E-state index contributed by atoms with van der Waals surface area (Å²) < 4.78 is 10.4. The first-order valence-corrected chi connectivity index (χ1v) is 6.39. The largest absolute Gasteiger partial charge is 0.497 e. The molecule has 2 rings (SSSR count). The van der Waals surface area contributed by atoms with Gasteiger partial charge in [-0.15, -0.1) is 0 Å². The van der Waals surface area contributed by atoms with E-state index in [1.807, 2.05) is 18.2 Å². The highest BCUT2D eigenvalue weighted by molar-refractivity contribution is 5.98. The summed E-state index contributed by atoms with van der Waals surface area (Å²) in [5.74, 6) is 1.24. The first-order chi connectivity index (χ1) is 9.74. The van der Waals surface area contributed by atoms with E-state index in [1.165, 1.54) is 0 Å². The minimum atomic E-state index is 0.0372. The zero-order chi connectivity index (χ0) is 14.4. The summed E-state index contributed by atoms with van der Waals surface area (Å²) in [6.45, 7) is 0. The lowest BCUT2D eigenvalue weighted by molar-refractivity contribution is 0.0979. The molecule has 104 valence electrons. The summed E-state index contributed by atoms with van der Waals surface area (Å²) in [6.07, 6.45) is 2.75. The molecular formula is C16H17NO3. The predicted molar refractivity (Wildman–Crippen MR) is 76.4 cm³/mol. The van der Waals surface area contributed by atoms with Gasteiger partial charge in [-0.25, -0.2) is 0 Å². The Hall–Kier alpha value is -2.36. The van der Waals surface area contributed by atoms with Crippen LogP contribution in [0.3, 0.4) is 0 Å². The van der Waals surface area contributed by atoms with Crippen molar-refractivity contribution < 1.29 is 14.3 Å². The number of carbonyl (C=O) groups excluding carboxylic acids is 1. The Morgan fingerprint density at radius 2 is 2.00 bits per heavy atom. The number of ether oxygens (including phenoxy) is 2. The Kier molecular flexibility index (Phi) is 4.71. The van der Waals surface area contributed by atoms with E-state index < -0.39 is 0 Å². The molecule has 4 heteroatoms. The highest BCUT2D eigenvalue weighted by atomic mass is 16.5. The van der Waals surface area contributed by atoms with Crippen LogP contribution < -0.4 is 9.47 Å². The molecule has 0 unspecified atom stereocenters. The molecule has 0 aliphatic carbocycles. The molecule has 0 saturated heterocycles. The maximum atomic E-state index is 12.2. The van der Waals surface area contributed by atoms with Crippen molar-refractivity contribution >= 4 is 5.78 Å². The van der Waals surface area contributed by atoms with Crippen molar-refractivity contribution in [2.75, 3.05) is 14.2 Å². The second kappa shape index (κ2) is 6.70. The van der Waals surface area contributed by atoms with Crippen molar-refractivity contribution in [1.29, 1.82) is 0 Å². The van der Waals surface area contributed by atoms with Crippen LogP contribution in [0.2, 0.25) is 0 Å². The molecule has 0 amide bonds. The third-order valence-electron chi connectivity index (χ3n) is 3.04.